The fourth-order valence-electron chi connectivity index (χ4n) is 2.96. The van der Waals surface area contributed by atoms with Crippen molar-refractivity contribution in [3.63, 3.8) is 0 Å². The lowest BCUT2D eigenvalue weighted by Gasteiger charge is -2.31. The van der Waals surface area contributed by atoms with Gasteiger partial charge in [-0.2, -0.15) is 8.70 Å². The van der Waals surface area contributed by atoms with Crippen LogP contribution in [0.5, 0.6) is 0 Å². The van der Waals surface area contributed by atoms with Crippen LogP contribution in [0.25, 0.3) is 0 Å². The Kier molecular flexibility index (Phi) is 7.07. The van der Waals surface area contributed by atoms with E-state index in [1.165, 1.54) is 12.3 Å². The quantitative estimate of drug-likeness (QED) is 0.342. The van der Waals surface area contributed by atoms with E-state index in [0.29, 0.717) is 34.7 Å². The van der Waals surface area contributed by atoms with Crippen LogP contribution in [-0.4, -0.2) is 56.9 Å². The van der Waals surface area contributed by atoms with E-state index in [1.54, 1.807) is 33.8 Å². The molecule has 1 fully saturated rings. The van der Waals surface area contributed by atoms with Crippen LogP contribution in [0.4, 0.5) is 4.79 Å². The van der Waals surface area contributed by atoms with E-state index in [1.807, 2.05) is 0 Å². The topological polar surface area (TPSA) is 129 Å². The standard InChI is InChI=1S/C21H25ClN4O6S2/c1-13-10-16(34(30,31)26(21(5)8-9-21)19(29)32-20(2,3)4)33-24-18(28)25(17(13)27)12-14-6-7-15(22)23-11-14/h6-7,10-11H,1,8-9,12H2,2-5H3,(H,24,28)/b16-10+. The number of aliphatic hydroxyl groups is 1. The van der Waals surface area contributed by atoms with Crippen molar-refractivity contribution in [2.45, 2.75) is 58.2 Å². The number of ether oxygens (including phenoxy) is 1. The van der Waals surface area contributed by atoms with Crippen molar-refractivity contribution >= 4 is 51.6 Å². The van der Waals surface area contributed by atoms with Gasteiger partial charge in [-0.1, -0.05) is 24.2 Å². The molecule has 0 unspecified atom stereocenters. The van der Waals surface area contributed by atoms with Gasteiger partial charge in [0.15, 0.2) is 0 Å². The van der Waals surface area contributed by atoms with Gasteiger partial charge >= 0.3 is 12.1 Å². The molecule has 34 heavy (non-hydrogen) atoms. The van der Waals surface area contributed by atoms with Gasteiger partial charge in [-0.15, -0.1) is 0 Å². The number of amidine groups is 1. The number of carbonyl (C=O) groups excluding carboxylic acids is 2. The third-order valence-corrected chi connectivity index (χ3v) is 8.25. The zero-order valence-corrected chi connectivity index (χ0v) is 21.5. The first-order valence-electron chi connectivity index (χ1n) is 10.2. The highest BCUT2D eigenvalue weighted by Crippen LogP contribution is 2.46. The van der Waals surface area contributed by atoms with E-state index in [2.05, 4.69) is 16.0 Å². The number of sulfonamides is 1. The summed E-state index contributed by atoms with van der Waals surface area (Å²) in [5, 5.41) is 10.7. The third-order valence-electron chi connectivity index (χ3n) is 4.92. The second kappa shape index (κ2) is 9.23. The highest BCUT2D eigenvalue weighted by atomic mass is 35.5. The summed E-state index contributed by atoms with van der Waals surface area (Å²) in [5.41, 5.74) is -1.56. The van der Waals surface area contributed by atoms with Crippen molar-refractivity contribution in [2.75, 3.05) is 0 Å². The van der Waals surface area contributed by atoms with Crippen LogP contribution in [0, 0.1) is 0 Å². The van der Waals surface area contributed by atoms with Gasteiger partial charge in [0.25, 0.3) is 15.9 Å². The number of carbonyl (C=O) groups is 2. The SMILES string of the molecule is C=C1/C=C(/S(=O)(=O)N(C(=O)OC(C)(C)C)C2(C)CC2)S/N=C(/O)N(Cc2ccc(Cl)nc2)C1=O. The first-order chi connectivity index (χ1) is 15.6. The number of rotatable bonds is 5. The molecule has 3 rings (SSSR count). The molecular formula is C21H25ClN4O6S2. The zero-order chi connectivity index (χ0) is 25.5. The molecular weight excluding hydrogens is 504 g/mol. The molecule has 2 amide bonds. The average molecular weight is 529 g/mol. The van der Waals surface area contributed by atoms with Gasteiger partial charge < -0.3 is 9.84 Å². The summed E-state index contributed by atoms with van der Waals surface area (Å²) in [7, 11) is -4.48. The lowest BCUT2D eigenvalue weighted by atomic mass is 10.2. The van der Waals surface area contributed by atoms with E-state index < -0.39 is 43.4 Å². The fraction of sp³-hybridized carbons (Fsp3) is 0.429. The van der Waals surface area contributed by atoms with E-state index in [0.717, 1.165) is 11.0 Å². The lowest BCUT2D eigenvalue weighted by molar-refractivity contribution is -0.124. The van der Waals surface area contributed by atoms with Gasteiger partial charge in [-0.25, -0.2) is 18.2 Å². The predicted octanol–water partition coefficient (Wildman–Crippen LogP) is 4.16. The summed E-state index contributed by atoms with van der Waals surface area (Å²) in [6.07, 6.45) is 2.35. The molecule has 0 atom stereocenters. The summed E-state index contributed by atoms with van der Waals surface area (Å²) < 4.78 is 36.4. The van der Waals surface area contributed by atoms with E-state index in [4.69, 9.17) is 16.3 Å². The molecule has 184 valence electrons. The highest BCUT2D eigenvalue weighted by Gasteiger charge is 2.54. The number of amides is 2. The van der Waals surface area contributed by atoms with Crippen LogP contribution in [0.1, 0.15) is 46.1 Å². The summed E-state index contributed by atoms with van der Waals surface area (Å²) in [6.45, 7) is 10.1. The van der Waals surface area contributed by atoms with Crippen LogP contribution < -0.4 is 0 Å². The zero-order valence-electron chi connectivity index (χ0n) is 19.1. The molecule has 2 heterocycles. The molecule has 0 saturated heterocycles. The third kappa shape index (κ3) is 5.73. The predicted molar refractivity (Wildman–Crippen MR) is 129 cm³/mol. The van der Waals surface area contributed by atoms with Gasteiger partial charge in [0, 0.05) is 23.7 Å². The van der Waals surface area contributed by atoms with Gasteiger partial charge in [0.2, 0.25) is 0 Å². The molecule has 1 N–H and O–H groups in total. The maximum atomic E-state index is 13.5. The summed E-state index contributed by atoms with van der Waals surface area (Å²) in [4.78, 5) is 30.7. The molecule has 1 saturated carbocycles. The van der Waals surface area contributed by atoms with Crippen molar-refractivity contribution < 1.29 is 27.9 Å². The maximum absolute atomic E-state index is 13.5. The van der Waals surface area contributed by atoms with Gasteiger partial charge in [0.1, 0.15) is 15.0 Å². The Hall–Kier alpha value is -2.57. The maximum Gasteiger partial charge on any atom is 0.424 e. The van der Waals surface area contributed by atoms with Crippen molar-refractivity contribution in [3.8, 4) is 0 Å². The highest BCUT2D eigenvalue weighted by molar-refractivity contribution is 8.17. The van der Waals surface area contributed by atoms with Crippen molar-refractivity contribution in [3.05, 3.63) is 51.5 Å². The van der Waals surface area contributed by atoms with E-state index >= 15 is 0 Å². The summed E-state index contributed by atoms with van der Waals surface area (Å²) in [6, 6.07) is 2.41. The normalized spacial score (nSPS) is 21.5. The Labute approximate surface area is 207 Å². The molecule has 0 aromatic carbocycles. The average Bonchev–Trinajstić information content (AvgIpc) is 3.44. The molecule has 0 bridgehead atoms. The summed E-state index contributed by atoms with van der Waals surface area (Å²) >= 11 is 6.19. The number of halogens is 1. The molecule has 1 aromatic rings. The summed E-state index contributed by atoms with van der Waals surface area (Å²) in [5.74, 6) is -0.773. The molecule has 0 radical (unpaired) electrons. The molecule has 1 aliphatic heterocycles. The minimum absolute atomic E-state index is 0.101. The Morgan fingerprint density at radius 1 is 1.38 bits per heavy atom. The van der Waals surface area contributed by atoms with Crippen LogP contribution in [-0.2, 0) is 26.1 Å². The van der Waals surface area contributed by atoms with Crippen molar-refractivity contribution in [2.24, 2.45) is 4.40 Å². The molecule has 2 aliphatic rings. The Bertz CT molecular complexity index is 1180. The van der Waals surface area contributed by atoms with Crippen LogP contribution in [0.3, 0.4) is 0 Å². The van der Waals surface area contributed by atoms with Gasteiger partial charge in [-0.05, 0) is 58.2 Å². The second-order valence-corrected chi connectivity index (χ2v) is 12.3. The lowest BCUT2D eigenvalue weighted by Crippen LogP contribution is -2.47. The minimum Gasteiger partial charge on any atom is -0.480 e. The van der Waals surface area contributed by atoms with Crippen LogP contribution in [0.15, 0.2) is 45.2 Å². The first kappa shape index (κ1) is 26.0. The Balaban J connectivity index is 1.93. The molecule has 0 spiro atoms. The number of hydrogen-bond acceptors (Lipinski definition) is 8. The number of hydrogen-bond donors (Lipinski definition) is 1. The molecule has 1 aliphatic carbocycles. The van der Waals surface area contributed by atoms with E-state index in [9.17, 15) is 23.1 Å². The van der Waals surface area contributed by atoms with Crippen molar-refractivity contribution in [1.29, 1.82) is 0 Å². The fourth-order valence-corrected chi connectivity index (χ4v) is 5.72. The molecule has 1 aromatic heterocycles. The Morgan fingerprint density at radius 3 is 2.56 bits per heavy atom. The number of nitrogens with zero attached hydrogens (tertiary/aromatic N) is 4. The molecule has 10 nitrogen and oxygen atoms in total. The van der Waals surface area contributed by atoms with Crippen LogP contribution in [0.2, 0.25) is 5.15 Å². The largest absolute Gasteiger partial charge is 0.480 e. The van der Waals surface area contributed by atoms with Crippen LogP contribution >= 0.6 is 23.5 Å². The van der Waals surface area contributed by atoms with Gasteiger partial charge in [0.05, 0.1) is 12.1 Å². The first-order valence-corrected chi connectivity index (χ1v) is 12.8. The second-order valence-electron chi connectivity index (χ2n) is 9.10. The molecule has 13 heteroatoms. The Morgan fingerprint density at radius 2 is 2.03 bits per heavy atom. The minimum atomic E-state index is -4.48. The van der Waals surface area contributed by atoms with E-state index in [-0.39, 0.29) is 17.3 Å². The van der Waals surface area contributed by atoms with Gasteiger partial charge in [-0.3, -0.25) is 9.69 Å². The number of pyridine rings is 1. The number of aromatic nitrogens is 1. The van der Waals surface area contributed by atoms with Crippen molar-refractivity contribution in [1.82, 2.24) is 14.2 Å². The number of aliphatic hydroxyl groups excluding tert-OH is 1. The monoisotopic (exact) mass is 528 g/mol. The smallest absolute Gasteiger partial charge is 0.424 e.